The minimum Gasteiger partial charge on any atom is -0.271 e. The zero-order valence-electron chi connectivity index (χ0n) is 7.54. The number of alkyl halides is 2. The van der Waals surface area contributed by atoms with E-state index in [-0.39, 0.29) is 5.92 Å². The van der Waals surface area contributed by atoms with Gasteiger partial charge in [-0.15, -0.1) is 0 Å². The lowest BCUT2D eigenvalue weighted by molar-refractivity contribution is 0.199. The van der Waals surface area contributed by atoms with Crippen molar-refractivity contribution in [1.29, 1.82) is 0 Å². The van der Waals surface area contributed by atoms with Gasteiger partial charge in [-0.25, -0.2) is 8.78 Å². The molecule has 1 aromatic rings. The Bertz CT molecular complexity index is 306. The molecule has 14 heavy (non-hydrogen) atoms. The Hall–Kier alpha value is -0.450. The van der Waals surface area contributed by atoms with Crippen LogP contribution in [0.4, 0.5) is 8.78 Å². The topological polar surface area (TPSA) is 17.8 Å². The first-order valence-electron chi connectivity index (χ1n) is 4.61. The minimum atomic E-state index is -1.28. The van der Waals surface area contributed by atoms with E-state index < -0.39 is 12.3 Å². The van der Waals surface area contributed by atoms with Crippen molar-refractivity contribution < 1.29 is 8.78 Å². The fraction of sp³-hybridized carbons (Fsp3) is 0.667. The first kappa shape index (κ1) is 10.1. The second kappa shape index (κ2) is 3.96. The van der Waals surface area contributed by atoms with E-state index in [1.54, 1.807) is 10.9 Å². The maximum atomic E-state index is 12.9. The normalized spacial score (nSPS) is 28.5. The second-order valence-corrected chi connectivity index (χ2v) is 4.67. The molecule has 0 saturated heterocycles. The molecular formula is C9H11BrF2N2. The molecule has 0 unspecified atom stereocenters. The van der Waals surface area contributed by atoms with E-state index in [9.17, 15) is 8.78 Å². The van der Waals surface area contributed by atoms with E-state index in [1.807, 2.05) is 6.20 Å². The summed E-state index contributed by atoms with van der Waals surface area (Å²) in [5.41, 5.74) is 0. The van der Waals surface area contributed by atoms with Crippen molar-refractivity contribution >= 4 is 15.9 Å². The Labute approximate surface area is 89.4 Å². The van der Waals surface area contributed by atoms with Crippen molar-refractivity contribution in [3.05, 3.63) is 16.9 Å². The van der Waals surface area contributed by atoms with E-state index in [0.717, 1.165) is 4.47 Å². The van der Waals surface area contributed by atoms with Crippen LogP contribution >= 0.6 is 15.9 Å². The molecule has 0 aromatic carbocycles. The van der Waals surface area contributed by atoms with E-state index in [0.29, 0.717) is 19.4 Å². The van der Waals surface area contributed by atoms with Crippen molar-refractivity contribution in [3.63, 3.8) is 0 Å². The maximum Gasteiger partial charge on any atom is 0.131 e. The molecule has 0 spiro atoms. The summed E-state index contributed by atoms with van der Waals surface area (Å²) in [7, 11) is 0. The summed E-state index contributed by atoms with van der Waals surface area (Å²) in [5.74, 6) is 0.0757. The van der Waals surface area contributed by atoms with Crippen LogP contribution in [0.3, 0.4) is 0 Å². The van der Waals surface area contributed by atoms with Crippen LogP contribution < -0.4 is 0 Å². The number of halogens is 3. The van der Waals surface area contributed by atoms with Gasteiger partial charge < -0.3 is 0 Å². The smallest absolute Gasteiger partial charge is 0.131 e. The van der Waals surface area contributed by atoms with Gasteiger partial charge in [0.2, 0.25) is 0 Å². The molecule has 2 atom stereocenters. The molecule has 0 aliphatic heterocycles. The molecule has 1 heterocycles. The molecule has 1 aliphatic rings. The van der Waals surface area contributed by atoms with Crippen molar-refractivity contribution in [2.75, 3.05) is 0 Å². The lowest BCUT2D eigenvalue weighted by atomic mass is 10.1. The quantitative estimate of drug-likeness (QED) is 0.803. The number of aromatic nitrogens is 2. The predicted octanol–water partition coefficient (Wildman–Crippen LogP) is 2.73. The molecule has 0 amide bonds. The Morgan fingerprint density at radius 1 is 1.43 bits per heavy atom. The van der Waals surface area contributed by atoms with Crippen molar-refractivity contribution in [2.45, 2.75) is 31.7 Å². The maximum absolute atomic E-state index is 12.9. The SMILES string of the molecule is F[C@H]1CC(Cn2cc(Br)cn2)C[C@@H]1F. The molecule has 1 aromatic heterocycles. The fourth-order valence-electron chi connectivity index (χ4n) is 1.88. The van der Waals surface area contributed by atoms with Gasteiger partial charge in [-0.2, -0.15) is 5.10 Å². The molecular weight excluding hydrogens is 254 g/mol. The van der Waals surface area contributed by atoms with Crippen LogP contribution in [0.1, 0.15) is 12.8 Å². The van der Waals surface area contributed by atoms with Gasteiger partial charge in [0.1, 0.15) is 12.3 Å². The van der Waals surface area contributed by atoms with Gasteiger partial charge in [-0.3, -0.25) is 4.68 Å². The molecule has 2 nitrogen and oxygen atoms in total. The molecule has 1 fully saturated rings. The lowest BCUT2D eigenvalue weighted by Gasteiger charge is -2.07. The summed E-state index contributed by atoms with van der Waals surface area (Å²) in [4.78, 5) is 0. The molecule has 0 N–H and O–H groups in total. The average Bonchev–Trinajstić information content (AvgIpc) is 2.62. The average molecular weight is 265 g/mol. The van der Waals surface area contributed by atoms with Crippen molar-refractivity contribution in [1.82, 2.24) is 9.78 Å². The highest BCUT2D eigenvalue weighted by Crippen LogP contribution is 2.31. The van der Waals surface area contributed by atoms with E-state index >= 15 is 0 Å². The first-order chi connectivity index (χ1) is 6.65. The largest absolute Gasteiger partial charge is 0.271 e. The molecule has 1 aliphatic carbocycles. The summed E-state index contributed by atoms with van der Waals surface area (Å²) >= 11 is 3.27. The summed E-state index contributed by atoms with van der Waals surface area (Å²) in [6.45, 7) is 0.604. The van der Waals surface area contributed by atoms with Gasteiger partial charge in [-0.1, -0.05) is 0 Å². The monoisotopic (exact) mass is 264 g/mol. The molecule has 78 valence electrons. The zero-order chi connectivity index (χ0) is 10.1. The highest BCUT2D eigenvalue weighted by molar-refractivity contribution is 9.10. The third-order valence-corrected chi connectivity index (χ3v) is 2.97. The summed E-state index contributed by atoms with van der Waals surface area (Å²) < 4.78 is 28.3. The Balaban J connectivity index is 1.93. The van der Waals surface area contributed by atoms with E-state index in [4.69, 9.17) is 0 Å². The van der Waals surface area contributed by atoms with Gasteiger partial charge in [0.25, 0.3) is 0 Å². The second-order valence-electron chi connectivity index (χ2n) is 3.75. The van der Waals surface area contributed by atoms with Crippen LogP contribution in [0.15, 0.2) is 16.9 Å². The summed E-state index contributed by atoms with van der Waals surface area (Å²) in [6.07, 6.45) is 1.57. The predicted molar refractivity (Wildman–Crippen MR) is 52.4 cm³/mol. The fourth-order valence-corrected chi connectivity index (χ4v) is 2.21. The third-order valence-electron chi connectivity index (χ3n) is 2.56. The van der Waals surface area contributed by atoms with E-state index in [1.165, 1.54) is 0 Å². The summed E-state index contributed by atoms with van der Waals surface area (Å²) in [6, 6.07) is 0. The highest BCUT2D eigenvalue weighted by atomic mass is 79.9. The van der Waals surface area contributed by atoms with Crippen LogP contribution in [-0.4, -0.2) is 22.1 Å². The Morgan fingerprint density at radius 3 is 2.57 bits per heavy atom. The van der Waals surface area contributed by atoms with Gasteiger partial charge in [-0.05, 0) is 34.7 Å². The van der Waals surface area contributed by atoms with Gasteiger partial charge in [0.05, 0.1) is 10.7 Å². The Kier molecular flexibility index (Phi) is 2.85. The van der Waals surface area contributed by atoms with Gasteiger partial charge in [0.15, 0.2) is 0 Å². The number of nitrogens with zero attached hydrogens (tertiary/aromatic N) is 2. The van der Waals surface area contributed by atoms with Crippen molar-refractivity contribution in [3.8, 4) is 0 Å². The molecule has 1 saturated carbocycles. The van der Waals surface area contributed by atoms with Crippen LogP contribution in [0, 0.1) is 5.92 Å². The minimum absolute atomic E-state index is 0.0757. The molecule has 2 rings (SSSR count). The number of hydrogen-bond acceptors (Lipinski definition) is 1. The third kappa shape index (κ3) is 2.13. The Morgan fingerprint density at radius 2 is 2.07 bits per heavy atom. The standard InChI is InChI=1S/C9H11BrF2N2/c10-7-3-13-14(5-7)4-6-1-8(11)9(12)2-6/h3,5-6,8-9H,1-2,4H2/t8-,9-/m0/s1. The van der Waals surface area contributed by atoms with Crippen LogP contribution in [-0.2, 0) is 6.54 Å². The number of hydrogen-bond donors (Lipinski definition) is 0. The molecule has 0 radical (unpaired) electrons. The van der Waals surface area contributed by atoms with Gasteiger partial charge >= 0.3 is 0 Å². The van der Waals surface area contributed by atoms with Crippen LogP contribution in [0.2, 0.25) is 0 Å². The van der Waals surface area contributed by atoms with Crippen LogP contribution in [0.5, 0.6) is 0 Å². The zero-order valence-corrected chi connectivity index (χ0v) is 9.12. The van der Waals surface area contributed by atoms with Crippen LogP contribution in [0.25, 0.3) is 0 Å². The molecule has 0 bridgehead atoms. The van der Waals surface area contributed by atoms with Crippen molar-refractivity contribution in [2.24, 2.45) is 5.92 Å². The van der Waals surface area contributed by atoms with E-state index in [2.05, 4.69) is 21.0 Å². The highest BCUT2D eigenvalue weighted by Gasteiger charge is 2.34. The number of rotatable bonds is 2. The molecule has 5 heteroatoms. The first-order valence-corrected chi connectivity index (χ1v) is 5.40. The van der Waals surface area contributed by atoms with Gasteiger partial charge in [0, 0.05) is 12.7 Å². The lowest BCUT2D eigenvalue weighted by Crippen LogP contribution is -2.08. The summed E-state index contributed by atoms with van der Waals surface area (Å²) in [5, 5.41) is 4.05.